The lowest BCUT2D eigenvalue weighted by atomic mass is 9.77. The van der Waals surface area contributed by atoms with E-state index >= 15 is 0 Å². The number of halogens is 1. The molecule has 20 heavy (non-hydrogen) atoms. The van der Waals surface area contributed by atoms with Crippen molar-refractivity contribution in [3.8, 4) is 0 Å². The van der Waals surface area contributed by atoms with E-state index < -0.39 is 0 Å². The van der Waals surface area contributed by atoms with Gasteiger partial charge in [-0.2, -0.15) is 0 Å². The lowest BCUT2D eigenvalue weighted by Gasteiger charge is -2.29. The molecule has 110 valence electrons. The van der Waals surface area contributed by atoms with Crippen molar-refractivity contribution in [3.63, 3.8) is 0 Å². The maximum atomic E-state index is 12.5. The third-order valence-electron chi connectivity index (χ3n) is 4.21. The van der Waals surface area contributed by atoms with Gasteiger partial charge in [0.1, 0.15) is 4.60 Å². The highest BCUT2D eigenvalue weighted by atomic mass is 79.9. The van der Waals surface area contributed by atoms with Crippen LogP contribution in [0.25, 0.3) is 0 Å². The molecular formula is C16H23BrN2O. The number of carbonyl (C=O) groups excluding carboxylic acids is 1. The van der Waals surface area contributed by atoms with E-state index in [4.69, 9.17) is 0 Å². The summed E-state index contributed by atoms with van der Waals surface area (Å²) in [5.74, 6) is 0.826. The predicted octanol–water partition coefficient (Wildman–Crippen LogP) is 4.13. The molecule has 1 saturated heterocycles. The van der Waals surface area contributed by atoms with Gasteiger partial charge in [-0.15, -0.1) is 0 Å². The minimum absolute atomic E-state index is 0.127. The molecule has 1 aliphatic heterocycles. The molecule has 3 nitrogen and oxygen atoms in total. The van der Waals surface area contributed by atoms with Gasteiger partial charge in [-0.05, 0) is 58.7 Å². The van der Waals surface area contributed by atoms with Crippen molar-refractivity contribution in [1.29, 1.82) is 0 Å². The maximum absolute atomic E-state index is 12.5. The molecule has 0 saturated carbocycles. The second kappa shape index (κ2) is 6.25. The monoisotopic (exact) mass is 338 g/mol. The van der Waals surface area contributed by atoms with Crippen LogP contribution in [0.1, 0.15) is 50.4 Å². The van der Waals surface area contributed by atoms with Crippen LogP contribution in [-0.2, 0) is 0 Å². The quantitative estimate of drug-likeness (QED) is 0.721. The van der Waals surface area contributed by atoms with E-state index in [2.05, 4.69) is 41.7 Å². The van der Waals surface area contributed by atoms with E-state index in [9.17, 15) is 4.79 Å². The Labute approximate surface area is 129 Å². The minimum Gasteiger partial charge on any atom is -0.339 e. The van der Waals surface area contributed by atoms with Gasteiger partial charge >= 0.3 is 0 Å². The molecular weight excluding hydrogens is 316 g/mol. The van der Waals surface area contributed by atoms with Gasteiger partial charge in [0, 0.05) is 24.8 Å². The van der Waals surface area contributed by atoms with Crippen LogP contribution in [0.2, 0.25) is 0 Å². The van der Waals surface area contributed by atoms with Crippen LogP contribution >= 0.6 is 15.9 Å². The second-order valence-electron chi connectivity index (χ2n) is 6.65. The summed E-state index contributed by atoms with van der Waals surface area (Å²) >= 11 is 3.32. The molecule has 0 N–H and O–H groups in total. The Bertz CT molecular complexity index is 482. The minimum atomic E-state index is 0.127. The summed E-state index contributed by atoms with van der Waals surface area (Å²) in [6.07, 6.45) is 5.09. The molecule has 1 aromatic rings. The highest BCUT2D eigenvalue weighted by Gasteiger charge is 2.28. The van der Waals surface area contributed by atoms with Crippen LogP contribution in [0.5, 0.6) is 0 Å². The van der Waals surface area contributed by atoms with Gasteiger partial charge < -0.3 is 4.90 Å². The number of nitrogens with zero attached hydrogens (tertiary/aromatic N) is 2. The van der Waals surface area contributed by atoms with Crippen LogP contribution in [0.3, 0.4) is 0 Å². The van der Waals surface area contributed by atoms with Crippen molar-refractivity contribution in [1.82, 2.24) is 9.88 Å². The number of rotatable bonds is 1. The fourth-order valence-corrected chi connectivity index (χ4v) is 3.25. The van der Waals surface area contributed by atoms with Gasteiger partial charge in [-0.3, -0.25) is 4.79 Å². The molecule has 0 radical (unpaired) electrons. The van der Waals surface area contributed by atoms with Crippen molar-refractivity contribution in [3.05, 3.63) is 28.5 Å². The average molecular weight is 339 g/mol. The van der Waals surface area contributed by atoms with Crippen LogP contribution < -0.4 is 0 Å². The highest BCUT2D eigenvalue weighted by Crippen LogP contribution is 2.34. The molecule has 1 unspecified atom stereocenters. The van der Waals surface area contributed by atoms with Gasteiger partial charge in [0.2, 0.25) is 0 Å². The number of pyridine rings is 1. The number of carbonyl (C=O) groups is 1. The van der Waals surface area contributed by atoms with E-state index in [1.54, 1.807) is 18.3 Å². The molecule has 1 amide bonds. The average Bonchev–Trinajstić information content (AvgIpc) is 2.63. The van der Waals surface area contributed by atoms with Gasteiger partial charge in [-0.25, -0.2) is 4.98 Å². The first kappa shape index (κ1) is 15.5. The fraction of sp³-hybridized carbons (Fsp3) is 0.625. The summed E-state index contributed by atoms with van der Waals surface area (Å²) in [5, 5.41) is 0. The van der Waals surface area contributed by atoms with E-state index in [1.165, 1.54) is 6.42 Å². The lowest BCUT2D eigenvalue weighted by Crippen LogP contribution is -2.32. The lowest BCUT2D eigenvalue weighted by molar-refractivity contribution is 0.0755. The second-order valence-corrected chi connectivity index (χ2v) is 7.47. The van der Waals surface area contributed by atoms with Gasteiger partial charge in [0.25, 0.3) is 5.91 Å². The molecule has 1 aliphatic rings. The standard InChI is InChI=1S/C16H23BrN2O/c1-16(2,3)13-5-4-9-19(10-7-13)15(20)12-6-8-18-14(17)11-12/h6,8,11,13H,4-5,7,9-10H2,1-3H3. The van der Waals surface area contributed by atoms with E-state index in [1.807, 2.05) is 4.90 Å². The first-order chi connectivity index (χ1) is 9.38. The Morgan fingerprint density at radius 3 is 2.75 bits per heavy atom. The molecule has 2 rings (SSSR count). The molecule has 1 fully saturated rings. The molecule has 0 aliphatic carbocycles. The summed E-state index contributed by atoms with van der Waals surface area (Å²) in [6.45, 7) is 8.63. The molecule has 0 aromatic carbocycles. The first-order valence-corrected chi connectivity index (χ1v) is 8.08. The molecule has 1 aromatic heterocycles. The van der Waals surface area contributed by atoms with Crippen LogP contribution in [0.15, 0.2) is 22.9 Å². The Kier molecular flexibility index (Phi) is 4.84. The number of hydrogen-bond donors (Lipinski definition) is 0. The highest BCUT2D eigenvalue weighted by molar-refractivity contribution is 9.10. The van der Waals surface area contributed by atoms with Gasteiger partial charge in [-0.1, -0.05) is 20.8 Å². The maximum Gasteiger partial charge on any atom is 0.254 e. The molecule has 0 bridgehead atoms. The fourth-order valence-electron chi connectivity index (χ4n) is 2.88. The SMILES string of the molecule is CC(C)(C)C1CCCN(C(=O)c2ccnc(Br)c2)CC1. The van der Waals surface area contributed by atoms with Crippen molar-refractivity contribution in [2.45, 2.75) is 40.0 Å². The summed E-state index contributed by atoms with van der Waals surface area (Å²) in [5.41, 5.74) is 1.06. The van der Waals surface area contributed by atoms with Crippen molar-refractivity contribution < 1.29 is 4.79 Å². The van der Waals surface area contributed by atoms with Gasteiger partial charge in [0.15, 0.2) is 0 Å². The largest absolute Gasteiger partial charge is 0.339 e. The Balaban J connectivity index is 2.05. The van der Waals surface area contributed by atoms with Gasteiger partial charge in [0.05, 0.1) is 0 Å². The number of amides is 1. The topological polar surface area (TPSA) is 33.2 Å². The Morgan fingerprint density at radius 1 is 1.35 bits per heavy atom. The molecule has 4 heteroatoms. The summed E-state index contributed by atoms with van der Waals surface area (Å²) in [7, 11) is 0. The zero-order valence-corrected chi connectivity index (χ0v) is 14.1. The van der Waals surface area contributed by atoms with E-state index in [0.717, 1.165) is 31.5 Å². The Hall–Kier alpha value is -0.900. The third-order valence-corrected chi connectivity index (χ3v) is 4.65. The van der Waals surface area contributed by atoms with Crippen molar-refractivity contribution in [2.24, 2.45) is 11.3 Å². The summed E-state index contributed by atoms with van der Waals surface area (Å²) in [6, 6.07) is 3.59. The van der Waals surface area contributed by atoms with E-state index in [-0.39, 0.29) is 5.91 Å². The molecule has 0 spiro atoms. The smallest absolute Gasteiger partial charge is 0.254 e. The summed E-state index contributed by atoms with van der Waals surface area (Å²) < 4.78 is 0.714. The zero-order valence-electron chi connectivity index (χ0n) is 12.5. The predicted molar refractivity (Wildman–Crippen MR) is 84.6 cm³/mol. The first-order valence-electron chi connectivity index (χ1n) is 7.29. The molecule has 1 atom stereocenters. The van der Waals surface area contributed by atoms with Crippen LogP contribution in [-0.4, -0.2) is 28.9 Å². The van der Waals surface area contributed by atoms with Crippen molar-refractivity contribution >= 4 is 21.8 Å². The normalized spacial score (nSPS) is 20.6. The number of aromatic nitrogens is 1. The van der Waals surface area contributed by atoms with Crippen LogP contribution in [0, 0.1) is 11.3 Å². The van der Waals surface area contributed by atoms with E-state index in [0.29, 0.717) is 15.9 Å². The summed E-state index contributed by atoms with van der Waals surface area (Å²) in [4.78, 5) is 18.6. The number of likely N-dealkylation sites (tertiary alicyclic amines) is 1. The van der Waals surface area contributed by atoms with Crippen LogP contribution in [0.4, 0.5) is 0 Å². The Morgan fingerprint density at radius 2 is 2.10 bits per heavy atom. The third kappa shape index (κ3) is 3.81. The van der Waals surface area contributed by atoms with Crippen molar-refractivity contribution in [2.75, 3.05) is 13.1 Å². The molecule has 2 heterocycles. The number of hydrogen-bond acceptors (Lipinski definition) is 2. The zero-order chi connectivity index (χ0) is 14.8.